The summed E-state index contributed by atoms with van der Waals surface area (Å²) in [6, 6.07) is 9.73. The SMILES string of the molecule is O=C1NC[C@](CBr)(c2ccccc2)O1. The fourth-order valence-electron chi connectivity index (χ4n) is 1.52. The van der Waals surface area contributed by atoms with Crippen LogP contribution in [0.3, 0.4) is 0 Å². The van der Waals surface area contributed by atoms with E-state index in [2.05, 4.69) is 21.2 Å². The first kappa shape index (κ1) is 9.52. The third kappa shape index (κ3) is 1.50. The molecule has 0 spiro atoms. The van der Waals surface area contributed by atoms with E-state index in [1.54, 1.807) is 0 Å². The summed E-state index contributed by atoms with van der Waals surface area (Å²) in [5.74, 6) is 0. The highest BCUT2D eigenvalue weighted by molar-refractivity contribution is 9.09. The van der Waals surface area contributed by atoms with Gasteiger partial charge in [-0.3, -0.25) is 0 Å². The van der Waals surface area contributed by atoms with Crippen molar-refractivity contribution in [2.24, 2.45) is 0 Å². The molecule has 1 saturated heterocycles. The molecule has 3 nitrogen and oxygen atoms in total. The Morgan fingerprint density at radius 1 is 1.43 bits per heavy atom. The first-order chi connectivity index (χ1) is 6.77. The average Bonchev–Trinajstić information content (AvgIpc) is 2.63. The van der Waals surface area contributed by atoms with E-state index in [1.807, 2.05) is 30.3 Å². The van der Waals surface area contributed by atoms with Gasteiger partial charge in [0.15, 0.2) is 5.60 Å². The molecule has 0 saturated carbocycles. The van der Waals surface area contributed by atoms with Crippen molar-refractivity contribution in [1.82, 2.24) is 5.32 Å². The second-order valence-electron chi connectivity index (χ2n) is 3.24. The van der Waals surface area contributed by atoms with Crippen LogP contribution in [-0.2, 0) is 10.3 Å². The van der Waals surface area contributed by atoms with Gasteiger partial charge < -0.3 is 10.1 Å². The van der Waals surface area contributed by atoms with Crippen LogP contribution in [0.25, 0.3) is 0 Å². The third-order valence-electron chi connectivity index (χ3n) is 2.32. The molecule has 0 aliphatic carbocycles. The normalized spacial score (nSPS) is 25.6. The summed E-state index contributed by atoms with van der Waals surface area (Å²) in [7, 11) is 0. The highest BCUT2D eigenvalue weighted by Gasteiger charge is 2.40. The van der Waals surface area contributed by atoms with Gasteiger partial charge in [0.2, 0.25) is 0 Å². The second kappa shape index (κ2) is 3.61. The Kier molecular flexibility index (Phi) is 2.46. The van der Waals surface area contributed by atoms with Crippen LogP contribution < -0.4 is 5.32 Å². The molecule has 14 heavy (non-hydrogen) atoms. The van der Waals surface area contributed by atoms with Gasteiger partial charge in [0, 0.05) is 5.33 Å². The Morgan fingerprint density at radius 2 is 2.14 bits per heavy atom. The van der Waals surface area contributed by atoms with E-state index >= 15 is 0 Å². The summed E-state index contributed by atoms with van der Waals surface area (Å²) in [4.78, 5) is 11.0. The fraction of sp³-hybridized carbons (Fsp3) is 0.300. The van der Waals surface area contributed by atoms with Gasteiger partial charge in [-0.25, -0.2) is 4.79 Å². The predicted molar refractivity (Wildman–Crippen MR) is 56.4 cm³/mol. The van der Waals surface area contributed by atoms with Crippen LogP contribution in [0.2, 0.25) is 0 Å². The minimum Gasteiger partial charge on any atom is -0.435 e. The minimum atomic E-state index is -0.543. The lowest BCUT2D eigenvalue weighted by Gasteiger charge is -2.24. The molecule has 1 N–H and O–H groups in total. The van der Waals surface area contributed by atoms with Gasteiger partial charge in [-0.15, -0.1) is 0 Å². The first-order valence-corrected chi connectivity index (χ1v) is 5.47. The largest absolute Gasteiger partial charge is 0.435 e. The van der Waals surface area contributed by atoms with E-state index in [1.165, 1.54) is 0 Å². The number of rotatable bonds is 2. The number of halogens is 1. The molecule has 0 aromatic heterocycles. The number of hydrogen-bond acceptors (Lipinski definition) is 2. The monoisotopic (exact) mass is 255 g/mol. The smallest absolute Gasteiger partial charge is 0.408 e. The molecule has 1 aliphatic heterocycles. The van der Waals surface area contributed by atoms with E-state index in [4.69, 9.17) is 4.74 Å². The van der Waals surface area contributed by atoms with Crippen LogP contribution in [0, 0.1) is 0 Å². The molecular formula is C10H10BrNO2. The number of alkyl carbamates (subject to hydrolysis) is 1. The Hall–Kier alpha value is -1.03. The van der Waals surface area contributed by atoms with Crippen LogP contribution in [0.4, 0.5) is 4.79 Å². The lowest BCUT2D eigenvalue weighted by molar-refractivity contribution is 0.0752. The summed E-state index contributed by atoms with van der Waals surface area (Å²) >= 11 is 3.38. The van der Waals surface area contributed by atoms with Crippen molar-refractivity contribution in [3.05, 3.63) is 35.9 Å². The van der Waals surface area contributed by atoms with Crippen molar-refractivity contribution in [2.45, 2.75) is 5.60 Å². The van der Waals surface area contributed by atoms with Crippen LogP contribution in [0.15, 0.2) is 30.3 Å². The summed E-state index contributed by atoms with van der Waals surface area (Å²) in [6.07, 6.45) is -0.353. The van der Waals surface area contributed by atoms with Crippen molar-refractivity contribution >= 4 is 22.0 Å². The molecule has 0 unspecified atom stereocenters. The number of ether oxygens (including phenoxy) is 1. The van der Waals surface area contributed by atoms with E-state index < -0.39 is 5.60 Å². The molecule has 1 amide bonds. The summed E-state index contributed by atoms with van der Waals surface area (Å²) in [5.41, 5.74) is 0.466. The maximum Gasteiger partial charge on any atom is 0.408 e. The van der Waals surface area contributed by atoms with Crippen molar-refractivity contribution in [2.75, 3.05) is 11.9 Å². The van der Waals surface area contributed by atoms with E-state index in [-0.39, 0.29) is 6.09 Å². The number of amides is 1. The van der Waals surface area contributed by atoms with Crippen LogP contribution in [0.5, 0.6) is 0 Å². The molecule has 0 bridgehead atoms. The van der Waals surface area contributed by atoms with Gasteiger partial charge in [-0.2, -0.15) is 0 Å². The van der Waals surface area contributed by atoms with E-state index in [0.29, 0.717) is 11.9 Å². The standard InChI is InChI=1S/C10H10BrNO2/c11-6-10(7-12-9(13)14-10)8-4-2-1-3-5-8/h1-5H,6-7H2,(H,12,13)/t10-/m1/s1. The average molecular weight is 256 g/mol. The van der Waals surface area contributed by atoms with Gasteiger partial charge in [0.25, 0.3) is 0 Å². The highest BCUT2D eigenvalue weighted by Crippen LogP contribution is 2.30. The Balaban J connectivity index is 2.34. The Labute approximate surface area is 90.6 Å². The van der Waals surface area contributed by atoms with Crippen molar-refractivity contribution in [3.63, 3.8) is 0 Å². The molecule has 74 valence electrons. The lowest BCUT2D eigenvalue weighted by atomic mass is 9.96. The number of carbonyl (C=O) groups excluding carboxylic acids is 1. The fourth-order valence-corrected chi connectivity index (χ4v) is 2.16. The Morgan fingerprint density at radius 3 is 2.64 bits per heavy atom. The number of alkyl halides is 1. The molecule has 0 radical (unpaired) electrons. The zero-order valence-corrected chi connectivity index (χ0v) is 9.08. The molecule has 1 aromatic rings. The van der Waals surface area contributed by atoms with Crippen LogP contribution in [0.1, 0.15) is 5.56 Å². The van der Waals surface area contributed by atoms with Crippen LogP contribution >= 0.6 is 15.9 Å². The molecular weight excluding hydrogens is 246 g/mol. The summed E-state index contributed by atoms with van der Waals surface area (Å²) in [6.45, 7) is 0.515. The second-order valence-corrected chi connectivity index (χ2v) is 3.80. The van der Waals surface area contributed by atoms with Crippen molar-refractivity contribution in [1.29, 1.82) is 0 Å². The topological polar surface area (TPSA) is 38.3 Å². The molecule has 1 atom stereocenters. The molecule has 1 aliphatic rings. The van der Waals surface area contributed by atoms with Crippen molar-refractivity contribution in [3.8, 4) is 0 Å². The van der Waals surface area contributed by atoms with Crippen molar-refractivity contribution < 1.29 is 9.53 Å². The van der Waals surface area contributed by atoms with Gasteiger partial charge >= 0.3 is 6.09 Å². The molecule has 1 fully saturated rings. The maximum absolute atomic E-state index is 11.0. The quantitative estimate of drug-likeness (QED) is 0.822. The maximum atomic E-state index is 11.0. The third-order valence-corrected chi connectivity index (χ3v) is 3.23. The number of nitrogens with one attached hydrogen (secondary N) is 1. The zero-order chi connectivity index (χ0) is 10.0. The minimum absolute atomic E-state index is 0.353. The molecule has 1 heterocycles. The van der Waals surface area contributed by atoms with Gasteiger partial charge in [-0.1, -0.05) is 46.3 Å². The van der Waals surface area contributed by atoms with E-state index in [9.17, 15) is 4.79 Å². The number of cyclic esters (lactones) is 1. The van der Waals surface area contributed by atoms with E-state index in [0.717, 1.165) is 5.56 Å². The summed E-state index contributed by atoms with van der Waals surface area (Å²) < 4.78 is 5.29. The number of carbonyl (C=O) groups is 1. The van der Waals surface area contributed by atoms with Gasteiger partial charge in [0.1, 0.15) is 0 Å². The van der Waals surface area contributed by atoms with Gasteiger partial charge in [0.05, 0.1) is 6.54 Å². The lowest BCUT2D eigenvalue weighted by Crippen LogP contribution is -2.32. The molecule has 2 rings (SSSR count). The Bertz CT molecular complexity index is 341. The highest BCUT2D eigenvalue weighted by atomic mass is 79.9. The number of hydrogen-bond donors (Lipinski definition) is 1. The zero-order valence-electron chi connectivity index (χ0n) is 7.50. The molecule has 1 aromatic carbocycles. The first-order valence-electron chi connectivity index (χ1n) is 4.35. The number of benzene rings is 1. The van der Waals surface area contributed by atoms with Crippen LogP contribution in [-0.4, -0.2) is 18.0 Å². The predicted octanol–water partition coefficient (Wildman–Crippen LogP) is 2.02. The summed E-state index contributed by atoms with van der Waals surface area (Å²) in [5, 5.41) is 3.27. The molecule has 4 heteroatoms. The van der Waals surface area contributed by atoms with Gasteiger partial charge in [-0.05, 0) is 5.56 Å².